The van der Waals surface area contributed by atoms with Crippen molar-refractivity contribution in [2.24, 2.45) is 5.92 Å². The lowest BCUT2D eigenvalue weighted by Crippen LogP contribution is -2.32. The fourth-order valence-corrected chi connectivity index (χ4v) is 3.98. The van der Waals surface area contributed by atoms with Crippen LogP contribution in [0, 0.1) is 35.0 Å². The molecule has 0 aliphatic carbocycles. The van der Waals surface area contributed by atoms with Crippen LogP contribution in [0.5, 0.6) is 0 Å². The van der Waals surface area contributed by atoms with Crippen molar-refractivity contribution in [3.63, 3.8) is 0 Å². The van der Waals surface area contributed by atoms with Crippen LogP contribution >= 0.6 is 0 Å². The Morgan fingerprint density at radius 3 is 1.54 bits per heavy atom. The van der Waals surface area contributed by atoms with E-state index in [4.69, 9.17) is 14.2 Å². The summed E-state index contributed by atoms with van der Waals surface area (Å²) >= 11 is 0. The number of benzene rings is 1. The molecule has 0 N–H and O–H groups in total. The van der Waals surface area contributed by atoms with Crippen LogP contribution in [0.25, 0.3) is 0 Å². The van der Waals surface area contributed by atoms with E-state index in [1.807, 2.05) is 27.7 Å². The highest BCUT2D eigenvalue weighted by Gasteiger charge is 2.28. The van der Waals surface area contributed by atoms with Crippen LogP contribution in [-0.4, -0.2) is 24.8 Å². The summed E-state index contributed by atoms with van der Waals surface area (Å²) in [5, 5.41) is 0. The molecule has 0 saturated heterocycles. The Labute approximate surface area is 207 Å². The molecule has 2 unspecified atom stereocenters. The van der Waals surface area contributed by atoms with Crippen LogP contribution in [-0.2, 0) is 20.6 Å². The van der Waals surface area contributed by atoms with E-state index < -0.39 is 47.0 Å². The minimum absolute atomic E-state index is 0.149. The van der Waals surface area contributed by atoms with Crippen molar-refractivity contribution in [1.82, 2.24) is 0 Å². The van der Waals surface area contributed by atoms with E-state index in [1.54, 1.807) is 6.92 Å². The van der Waals surface area contributed by atoms with Crippen LogP contribution in [0.3, 0.4) is 0 Å². The highest BCUT2D eigenvalue weighted by molar-refractivity contribution is 5.24. The zero-order valence-corrected chi connectivity index (χ0v) is 22.1. The summed E-state index contributed by atoms with van der Waals surface area (Å²) in [5.74, 6) is -9.94. The van der Waals surface area contributed by atoms with Crippen molar-refractivity contribution >= 4 is 0 Å². The summed E-state index contributed by atoms with van der Waals surface area (Å²) in [5.41, 5.74) is -0.794. The van der Waals surface area contributed by atoms with Crippen LogP contribution in [0.4, 0.5) is 22.0 Å². The summed E-state index contributed by atoms with van der Waals surface area (Å²) in [6.45, 7) is 10.4. The highest BCUT2D eigenvalue weighted by atomic mass is 19.2. The van der Waals surface area contributed by atoms with Gasteiger partial charge < -0.3 is 14.2 Å². The standard InChI is InChI=1S/C27H43F5O3/c1-7-8-9-10-11-12-13-14-20(35-27(33-17(2)3)34-18(4)5)15-19(6)16-21-22(28)24(30)26(32)25(31)23(21)29/h17-20,27H,7-16H2,1-6H3. The second-order valence-electron chi connectivity index (χ2n) is 9.92. The monoisotopic (exact) mass is 510 g/mol. The Hall–Kier alpha value is -1.25. The zero-order chi connectivity index (χ0) is 26.5. The van der Waals surface area contributed by atoms with E-state index in [0.717, 1.165) is 19.3 Å². The summed E-state index contributed by atoms with van der Waals surface area (Å²) < 4.78 is 86.6. The Bertz CT molecular complexity index is 703. The van der Waals surface area contributed by atoms with Gasteiger partial charge in [0.25, 0.3) is 6.48 Å². The van der Waals surface area contributed by atoms with Crippen molar-refractivity contribution in [1.29, 1.82) is 0 Å². The molecule has 204 valence electrons. The lowest BCUT2D eigenvalue weighted by atomic mass is 9.92. The molecular formula is C27H43F5O3. The van der Waals surface area contributed by atoms with Crippen LogP contribution in [0.15, 0.2) is 0 Å². The largest absolute Gasteiger partial charge is 0.327 e. The second kappa shape index (κ2) is 16.5. The molecule has 2 atom stereocenters. The molecule has 1 rings (SSSR count). The predicted octanol–water partition coefficient (Wildman–Crippen LogP) is 8.61. The first kappa shape index (κ1) is 31.8. The summed E-state index contributed by atoms with van der Waals surface area (Å²) in [6, 6.07) is 0. The van der Waals surface area contributed by atoms with Crippen molar-refractivity contribution < 1.29 is 36.2 Å². The molecule has 0 bridgehead atoms. The van der Waals surface area contributed by atoms with Gasteiger partial charge in [0.15, 0.2) is 23.3 Å². The minimum Gasteiger partial charge on any atom is -0.327 e. The lowest BCUT2D eigenvalue weighted by Gasteiger charge is -2.29. The van der Waals surface area contributed by atoms with Crippen molar-refractivity contribution in [3.05, 3.63) is 34.6 Å². The number of hydrogen-bond donors (Lipinski definition) is 0. The first-order chi connectivity index (χ1) is 16.5. The van der Waals surface area contributed by atoms with E-state index in [0.29, 0.717) is 12.8 Å². The average Bonchev–Trinajstić information content (AvgIpc) is 2.77. The van der Waals surface area contributed by atoms with Crippen molar-refractivity contribution in [2.75, 3.05) is 0 Å². The molecule has 0 aliphatic heterocycles. The van der Waals surface area contributed by atoms with Gasteiger partial charge in [0.05, 0.1) is 18.3 Å². The third-order valence-corrected chi connectivity index (χ3v) is 5.72. The molecule has 3 nitrogen and oxygen atoms in total. The van der Waals surface area contributed by atoms with Gasteiger partial charge in [-0.1, -0.05) is 58.8 Å². The van der Waals surface area contributed by atoms with E-state index in [2.05, 4.69) is 6.92 Å². The van der Waals surface area contributed by atoms with Crippen LogP contribution < -0.4 is 0 Å². The van der Waals surface area contributed by atoms with E-state index in [9.17, 15) is 22.0 Å². The molecule has 35 heavy (non-hydrogen) atoms. The molecule has 0 aliphatic rings. The summed E-state index contributed by atoms with van der Waals surface area (Å²) in [4.78, 5) is 0. The fourth-order valence-electron chi connectivity index (χ4n) is 3.98. The van der Waals surface area contributed by atoms with Crippen molar-refractivity contribution in [2.45, 2.75) is 131 Å². The summed E-state index contributed by atoms with van der Waals surface area (Å²) in [7, 11) is 0. The first-order valence-corrected chi connectivity index (χ1v) is 12.9. The molecule has 8 heteroatoms. The van der Waals surface area contributed by atoms with Gasteiger partial charge in [0.1, 0.15) is 0 Å². The van der Waals surface area contributed by atoms with E-state index >= 15 is 0 Å². The maximum absolute atomic E-state index is 14.2. The van der Waals surface area contributed by atoms with Gasteiger partial charge in [0.2, 0.25) is 5.82 Å². The number of unbranched alkanes of at least 4 members (excludes halogenated alkanes) is 6. The maximum atomic E-state index is 14.2. The highest BCUT2D eigenvalue weighted by Crippen LogP contribution is 2.28. The van der Waals surface area contributed by atoms with E-state index in [-0.39, 0.29) is 24.7 Å². The lowest BCUT2D eigenvalue weighted by molar-refractivity contribution is -0.327. The fraction of sp³-hybridized carbons (Fsp3) is 0.778. The Morgan fingerprint density at radius 2 is 1.06 bits per heavy atom. The molecular weight excluding hydrogens is 467 g/mol. The molecule has 0 radical (unpaired) electrons. The van der Waals surface area contributed by atoms with Crippen molar-refractivity contribution in [3.8, 4) is 0 Å². The molecule has 0 heterocycles. The molecule has 0 saturated carbocycles. The van der Waals surface area contributed by atoms with Gasteiger partial charge in [-0.25, -0.2) is 22.0 Å². The van der Waals surface area contributed by atoms with Crippen LogP contribution in [0.2, 0.25) is 0 Å². The van der Waals surface area contributed by atoms with E-state index in [1.165, 1.54) is 25.7 Å². The summed E-state index contributed by atoms with van der Waals surface area (Å²) in [6.07, 6.45) is 7.89. The molecule has 1 aromatic carbocycles. The number of hydrogen-bond acceptors (Lipinski definition) is 3. The van der Waals surface area contributed by atoms with Gasteiger partial charge in [-0.05, 0) is 52.9 Å². The molecule has 1 aromatic rings. The maximum Gasteiger partial charge on any atom is 0.272 e. The van der Waals surface area contributed by atoms with Crippen LogP contribution in [0.1, 0.15) is 105 Å². The topological polar surface area (TPSA) is 27.7 Å². The Balaban J connectivity index is 2.89. The molecule has 0 aromatic heterocycles. The third-order valence-electron chi connectivity index (χ3n) is 5.72. The van der Waals surface area contributed by atoms with Gasteiger partial charge in [-0.15, -0.1) is 0 Å². The minimum atomic E-state index is -2.14. The van der Waals surface area contributed by atoms with Gasteiger partial charge in [0, 0.05) is 5.56 Å². The van der Waals surface area contributed by atoms with Gasteiger partial charge >= 0.3 is 0 Å². The second-order valence-corrected chi connectivity index (χ2v) is 9.92. The normalized spacial score (nSPS) is 13.9. The first-order valence-electron chi connectivity index (χ1n) is 12.9. The zero-order valence-electron chi connectivity index (χ0n) is 22.1. The third kappa shape index (κ3) is 11.6. The average molecular weight is 511 g/mol. The Morgan fingerprint density at radius 1 is 0.600 bits per heavy atom. The van der Waals surface area contributed by atoms with Gasteiger partial charge in [-0.3, -0.25) is 0 Å². The number of halogens is 5. The number of rotatable bonds is 18. The smallest absolute Gasteiger partial charge is 0.272 e. The molecule has 0 spiro atoms. The Kier molecular flexibility index (Phi) is 15.0. The molecule has 0 amide bonds. The predicted molar refractivity (Wildman–Crippen MR) is 127 cm³/mol. The SMILES string of the molecule is CCCCCCCCCC(CC(C)Cc1c(F)c(F)c(F)c(F)c1F)OC(OC(C)C)OC(C)C. The quantitative estimate of drug-likeness (QED) is 0.0650. The molecule has 0 fully saturated rings. The number of ether oxygens (including phenoxy) is 3. The van der Waals surface area contributed by atoms with Gasteiger partial charge in [-0.2, -0.15) is 0 Å².